The van der Waals surface area contributed by atoms with Crippen molar-refractivity contribution in [3.63, 3.8) is 0 Å². The van der Waals surface area contributed by atoms with E-state index in [-0.39, 0.29) is 17.9 Å². The molecule has 0 aliphatic heterocycles. The van der Waals surface area contributed by atoms with Gasteiger partial charge in [0.1, 0.15) is 12.4 Å². The molecule has 1 amide bonds. The van der Waals surface area contributed by atoms with Crippen LogP contribution in [0.5, 0.6) is 5.75 Å². The van der Waals surface area contributed by atoms with Crippen LogP contribution in [0.1, 0.15) is 21.5 Å². The Labute approximate surface area is 209 Å². The van der Waals surface area contributed by atoms with Gasteiger partial charge in [-0.2, -0.15) is 5.10 Å². The Balaban J connectivity index is 1.66. The lowest BCUT2D eigenvalue weighted by Crippen LogP contribution is -2.17. The van der Waals surface area contributed by atoms with Crippen molar-refractivity contribution in [3.05, 3.63) is 100 Å². The molecule has 3 rings (SSSR count). The molecule has 0 bridgehead atoms. The second kappa shape index (κ2) is 10.9. The first kappa shape index (κ1) is 24.2. The summed E-state index contributed by atoms with van der Waals surface area (Å²) < 4.78 is 7.18. The van der Waals surface area contributed by atoms with Gasteiger partial charge in [0.05, 0.1) is 20.1 Å². The molecule has 0 aliphatic carbocycles. The molecule has 32 heavy (non-hydrogen) atoms. The predicted molar refractivity (Wildman–Crippen MR) is 131 cm³/mol. The summed E-state index contributed by atoms with van der Waals surface area (Å²) in [5.74, 6) is -0.00308. The number of carbonyl (C=O) groups is 1. The number of nitrogens with one attached hydrogen (secondary N) is 1. The molecule has 0 fully saturated rings. The molecule has 3 aromatic rings. The first-order chi connectivity index (χ1) is 15.2. The molecule has 3 aromatic carbocycles. The summed E-state index contributed by atoms with van der Waals surface area (Å²) >= 11 is 19.0. The zero-order chi connectivity index (χ0) is 23.3. The van der Waals surface area contributed by atoms with Gasteiger partial charge in [0.25, 0.3) is 11.6 Å². The highest BCUT2D eigenvalue weighted by atomic mass is 79.9. The SMILES string of the molecule is O=C(N/N=C/c1cc(Br)c(OCc2ccc(Cl)cc2Cl)c(Br)c1)c1cccc([N+](=O)[O-])c1. The number of nitro groups is 1. The molecule has 0 saturated carbocycles. The fourth-order valence-corrected chi connectivity index (χ4v) is 4.49. The number of non-ortho nitro benzene ring substituents is 1. The zero-order valence-electron chi connectivity index (χ0n) is 16.0. The van der Waals surface area contributed by atoms with Crippen molar-refractivity contribution < 1.29 is 14.5 Å². The molecule has 164 valence electrons. The minimum absolute atomic E-state index is 0.128. The highest BCUT2D eigenvalue weighted by Gasteiger charge is 2.12. The van der Waals surface area contributed by atoms with Crippen molar-refractivity contribution in [1.82, 2.24) is 5.43 Å². The third-order valence-corrected chi connectivity index (χ3v) is 5.87. The third kappa shape index (κ3) is 6.29. The van der Waals surface area contributed by atoms with Gasteiger partial charge < -0.3 is 4.74 Å². The molecule has 0 heterocycles. The second-order valence-corrected chi connectivity index (χ2v) is 8.90. The lowest BCUT2D eigenvalue weighted by molar-refractivity contribution is -0.384. The van der Waals surface area contributed by atoms with E-state index in [0.717, 1.165) is 5.56 Å². The van der Waals surface area contributed by atoms with Crippen LogP contribution in [0.25, 0.3) is 0 Å². The van der Waals surface area contributed by atoms with Crippen LogP contribution in [-0.4, -0.2) is 17.0 Å². The molecule has 0 radical (unpaired) electrons. The van der Waals surface area contributed by atoms with Crippen LogP contribution in [0, 0.1) is 10.1 Å². The van der Waals surface area contributed by atoms with Crippen molar-refractivity contribution in [2.24, 2.45) is 5.10 Å². The molecule has 0 atom stereocenters. The lowest BCUT2D eigenvalue weighted by Gasteiger charge is -2.12. The first-order valence-electron chi connectivity index (χ1n) is 8.88. The number of rotatable bonds is 7. The van der Waals surface area contributed by atoms with Gasteiger partial charge in [-0.1, -0.05) is 35.3 Å². The molecular weight excluding hydrogens is 589 g/mol. The number of halogens is 4. The standard InChI is InChI=1S/C21H13Br2Cl2N3O4/c22-17-6-12(10-26-27-21(29)13-2-1-3-16(8-13)28(30)31)7-18(23)20(17)32-11-14-4-5-15(24)9-19(14)25/h1-10H,11H2,(H,27,29)/b26-10+. The maximum atomic E-state index is 12.2. The largest absolute Gasteiger partial charge is 0.486 e. The van der Waals surface area contributed by atoms with Crippen LogP contribution in [0.2, 0.25) is 10.0 Å². The fraction of sp³-hybridized carbons (Fsp3) is 0.0476. The summed E-state index contributed by atoms with van der Waals surface area (Å²) in [7, 11) is 0. The third-order valence-electron chi connectivity index (χ3n) is 4.11. The Morgan fingerprint density at radius 2 is 1.84 bits per heavy atom. The Hall–Kier alpha value is -2.46. The van der Waals surface area contributed by atoms with Crippen LogP contribution in [-0.2, 0) is 6.61 Å². The minimum atomic E-state index is -0.570. The van der Waals surface area contributed by atoms with Gasteiger partial charge in [0.2, 0.25) is 0 Å². The second-order valence-electron chi connectivity index (χ2n) is 6.34. The van der Waals surface area contributed by atoms with Gasteiger partial charge in [-0.3, -0.25) is 14.9 Å². The fourth-order valence-electron chi connectivity index (χ4n) is 2.57. The molecule has 1 N–H and O–H groups in total. The van der Waals surface area contributed by atoms with Crippen molar-refractivity contribution in [2.75, 3.05) is 0 Å². The number of nitrogens with zero attached hydrogens (tertiary/aromatic N) is 2. The minimum Gasteiger partial charge on any atom is -0.486 e. The van der Waals surface area contributed by atoms with Crippen LogP contribution in [0.15, 0.2) is 68.6 Å². The number of amides is 1. The molecule has 7 nitrogen and oxygen atoms in total. The molecule has 0 aromatic heterocycles. The number of hydrogen-bond donors (Lipinski definition) is 1. The van der Waals surface area contributed by atoms with Gasteiger partial charge in [0, 0.05) is 33.3 Å². The van der Waals surface area contributed by atoms with E-state index in [1.165, 1.54) is 30.5 Å². The number of ether oxygens (including phenoxy) is 1. The summed E-state index contributed by atoms with van der Waals surface area (Å²) in [6.45, 7) is 0.236. The highest BCUT2D eigenvalue weighted by Crippen LogP contribution is 2.35. The Morgan fingerprint density at radius 3 is 2.50 bits per heavy atom. The first-order valence-corrected chi connectivity index (χ1v) is 11.2. The smallest absolute Gasteiger partial charge is 0.271 e. The van der Waals surface area contributed by atoms with E-state index in [1.54, 1.807) is 30.3 Å². The maximum Gasteiger partial charge on any atom is 0.271 e. The number of hydrazone groups is 1. The van der Waals surface area contributed by atoms with Crippen molar-refractivity contribution >= 4 is 72.9 Å². The van der Waals surface area contributed by atoms with Gasteiger partial charge in [0.15, 0.2) is 0 Å². The summed E-state index contributed by atoms with van der Waals surface area (Å²) in [5.41, 5.74) is 3.75. The average Bonchev–Trinajstić information content (AvgIpc) is 2.74. The van der Waals surface area contributed by atoms with Crippen molar-refractivity contribution in [3.8, 4) is 5.75 Å². The van der Waals surface area contributed by atoms with E-state index in [0.29, 0.717) is 30.3 Å². The Bertz CT molecular complexity index is 1200. The zero-order valence-corrected chi connectivity index (χ0v) is 20.7. The maximum absolute atomic E-state index is 12.2. The van der Waals surface area contributed by atoms with Crippen LogP contribution < -0.4 is 10.2 Å². The molecule has 0 spiro atoms. The quantitative estimate of drug-likeness (QED) is 0.184. The normalized spacial score (nSPS) is 10.9. The molecule has 0 unspecified atom stereocenters. The van der Waals surface area contributed by atoms with Gasteiger partial charge in [-0.15, -0.1) is 0 Å². The van der Waals surface area contributed by atoms with Crippen molar-refractivity contribution in [2.45, 2.75) is 6.61 Å². The lowest BCUT2D eigenvalue weighted by atomic mass is 10.2. The van der Waals surface area contributed by atoms with E-state index in [2.05, 4.69) is 42.4 Å². The Morgan fingerprint density at radius 1 is 1.12 bits per heavy atom. The highest BCUT2D eigenvalue weighted by molar-refractivity contribution is 9.11. The van der Waals surface area contributed by atoms with Crippen molar-refractivity contribution in [1.29, 1.82) is 0 Å². The average molecular weight is 602 g/mol. The van der Waals surface area contributed by atoms with Crippen LogP contribution in [0.3, 0.4) is 0 Å². The molecule has 0 saturated heterocycles. The monoisotopic (exact) mass is 599 g/mol. The van der Waals surface area contributed by atoms with E-state index in [1.807, 2.05) is 0 Å². The Kier molecular flexibility index (Phi) is 8.25. The number of nitro benzene ring substituents is 1. The number of carbonyl (C=O) groups excluding carboxylic acids is 1. The van der Waals surface area contributed by atoms with Gasteiger partial charge in [-0.25, -0.2) is 5.43 Å². The van der Waals surface area contributed by atoms with Crippen LogP contribution in [0.4, 0.5) is 5.69 Å². The van der Waals surface area contributed by atoms with Crippen LogP contribution >= 0.6 is 55.1 Å². The van der Waals surface area contributed by atoms with E-state index < -0.39 is 10.8 Å². The molecule has 11 heteroatoms. The van der Waals surface area contributed by atoms with E-state index in [4.69, 9.17) is 27.9 Å². The van der Waals surface area contributed by atoms with E-state index in [9.17, 15) is 14.9 Å². The molecular formula is C21H13Br2Cl2N3O4. The van der Waals surface area contributed by atoms with E-state index >= 15 is 0 Å². The number of hydrogen-bond acceptors (Lipinski definition) is 5. The summed E-state index contributed by atoms with van der Waals surface area (Å²) in [6, 6.07) is 14.1. The van der Waals surface area contributed by atoms with Gasteiger partial charge in [-0.05, 0) is 67.8 Å². The summed E-state index contributed by atoms with van der Waals surface area (Å²) in [6.07, 6.45) is 1.44. The summed E-state index contributed by atoms with van der Waals surface area (Å²) in [5, 5.41) is 15.8. The predicted octanol–water partition coefficient (Wildman–Crippen LogP) is 6.77. The molecule has 0 aliphatic rings. The summed E-state index contributed by atoms with van der Waals surface area (Å²) in [4.78, 5) is 22.4. The topological polar surface area (TPSA) is 93.8 Å². The van der Waals surface area contributed by atoms with Gasteiger partial charge >= 0.3 is 0 Å². The number of benzene rings is 3.